The first-order valence-corrected chi connectivity index (χ1v) is 9.19. The van der Waals surface area contributed by atoms with E-state index in [2.05, 4.69) is 29.0 Å². The van der Waals surface area contributed by atoms with Crippen LogP contribution in [0.25, 0.3) is 0 Å². The fraction of sp³-hybridized carbons (Fsp3) is 0.444. The Morgan fingerprint density at radius 1 is 1.36 bits per heavy atom. The molecule has 0 spiro atoms. The summed E-state index contributed by atoms with van der Waals surface area (Å²) in [5.41, 5.74) is 1.46. The lowest BCUT2D eigenvalue weighted by atomic mass is 10.2. The molecule has 1 fully saturated rings. The number of nitrogens with zero attached hydrogens (tertiary/aromatic N) is 2. The highest BCUT2D eigenvalue weighted by atomic mass is 32.1. The van der Waals surface area contributed by atoms with Crippen LogP contribution >= 0.6 is 11.3 Å². The van der Waals surface area contributed by atoms with Gasteiger partial charge in [0.2, 0.25) is 0 Å². The Labute approximate surface area is 151 Å². The molecule has 1 N–H and O–H groups in total. The van der Waals surface area contributed by atoms with Gasteiger partial charge in [-0.3, -0.25) is 15.0 Å². The zero-order chi connectivity index (χ0) is 17.8. The van der Waals surface area contributed by atoms with Crippen molar-refractivity contribution < 1.29 is 14.3 Å². The lowest BCUT2D eigenvalue weighted by Gasteiger charge is -2.34. The Morgan fingerprint density at radius 3 is 2.80 bits per heavy atom. The highest BCUT2D eigenvalue weighted by molar-refractivity contribution is 7.14. The predicted molar refractivity (Wildman–Crippen MR) is 98.3 cm³/mol. The van der Waals surface area contributed by atoms with Crippen molar-refractivity contribution in [2.45, 2.75) is 32.6 Å². The van der Waals surface area contributed by atoms with Crippen LogP contribution in [0.4, 0.5) is 5.13 Å². The van der Waals surface area contributed by atoms with Gasteiger partial charge in [-0.2, -0.15) is 0 Å². The van der Waals surface area contributed by atoms with Crippen molar-refractivity contribution in [3.63, 3.8) is 0 Å². The molecule has 6 nitrogen and oxygen atoms in total. The number of methoxy groups -OCH3 is 1. The largest absolute Gasteiger partial charge is 0.496 e. The first-order valence-electron chi connectivity index (χ1n) is 8.31. The molecular formula is C18H23N3O3S. The molecule has 0 bridgehead atoms. The molecule has 3 rings (SSSR count). The van der Waals surface area contributed by atoms with Crippen molar-refractivity contribution in [3.05, 3.63) is 40.9 Å². The van der Waals surface area contributed by atoms with E-state index in [1.165, 1.54) is 11.3 Å². The monoisotopic (exact) mass is 361 g/mol. The average Bonchev–Trinajstić information content (AvgIpc) is 3.00. The smallest absolute Gasteiger partial charge is 0.261 e. The number of para-hydroxylation sites is 1. The summed E-state index contributed by atoms with van der Waals surface area (Å²) in [5.74, 6) is 0.333. The number of amides is 1. The Kier molecular flexibility index (Phi) is 5.67. The van der Waals surface area contributed by atoms with Crippen LogP contribution in [0.1, 0.15) is 29.9 Å². The Balaban J connectivity index is 1.62. The first-order chi connectivity index (χ1) is 12.0. The molecule has 1 amide bonds. The van der Waals surface area contributed by atoms with Gasteiger partial charge in [-0.1, -0.05) is 12.1 Å². The van der Waals surface area contributed by atoms with Crippen LogP contribution in [0.5, 0.6) is 5.75 Å². The van der Waals surface area contributed by atoms with E-state index in [-0.39, 0.29) is 18.1 Å². The van der Waals surface area contributed by atoms with Crippen LogP contribution in [-0.4, -0.2) is 48.2 Å². The van der Waals surface area contributed by atoms with Crippen molar-refractivity contribution >= 4 is 22.4 Å². The quantitative estimate of drug-likeness (QED) is 0.887. The average molecular weight is 361 g/mol. The highest BCUT2D eigenvalue weighted by Gasteiger charge is 2.23. The first kappa shape index (κ1) is 17.8. The molecule has 1 aliphatic rings. The maximum Gasteiger partial charge on any atom is 0.261 e. The number of ether oxygens (including phenoxy) is 2. The van der Waals surface area contributed by atoms with Crippen LogP contribution in [0.3, 0.4) is 0 Å². The van der Waals surface area contributed by atoms with E-state index in [4.69, 9.17) is 9.47 Å². The highest BCUT2D eigenvalue weighted by Crippen LogP contribution is 2.22. The van der Waals surface area contributed by atoms with Crippen LogP contribution in [0.2, 0.25) is 0 Å². The van der Waals surface area contributed by atoms with Crippen molar-refractivity contribution in [2.24, 2.45) is 0 Å². The zero-order valence-corrected chi connectivity index (χ0v) is 15.5. The normalized spacial score (nSPS) is 21.1. The third kappa shape index (κ3) is 4.56. The SMILES string of the molecule is COc1ccccc1C(=O)Nc1nc(CN2C[C@H](C)O[C@@H](C)C2)cs1. The Bertz CT molecular complexity index is 724. The maximum absolute atomic E-state index is 12.4. The fourth-order valence-corrected chi connectivity index (χ4v) is 3.77. The molecule has 2 atom stereocenters. The van der Waals surface area contributed by atoms with Crippen LogP contribution < -0.4 is 10.1 Å². The van der Waals surface area contributed by atoms with Gasteiger partial charge in [0, 0.05) is 25.0 Å². The van der Waals surface area contributed by atoms with E-state index in [1.807, 2.05) is 17.5 Å². The van der Waals surface area contributed by atoms with Crippen molar-refractivity contribution in [1.29, 1.82) is 0 Å². The van der Waals surface area contributed by atoms with Gasteiger partial charge in [-0.05, 0) is 26.0 Å². The molecule has 0 saturated carbocycles. The number of anilines is 1. The molecule has 134 valence electrons. The number of benzene rings is 1. The molecular weight excluding hydrogens is 338 g/mol. The van der Waals surface area contributed by atoms with Crippen molar-refractivity contribution in [2.75, 3.05) is 25.5 Å². The lowest BCUT2D eigenvalue weighted by molar-refractivity contribution is -0.0707. The Hall–Kier alpha value is -1.96. The number of morpholine rings is 1. The molecule has 2 heterocycles. The van der Waals surface area contributed by atoms with E-state index in [9.17, 15) is 4.79 Å². The van der Waals surface area contributed by atoms with Gasteiger partial charge >= 0.3 is 0 Å². The van der Waals surface area contributed by atoms with E-state index in [0.717, 1.165) is 25.3 Å². The molecule has 1 aliphatic heterocycles. The van der Waals surface area contributed by atoms with Gasteiger partial charge < -0.3 is 9.47 Å². The Morgan fingerprint density at radius 2 is 2.08 bits per heavy atom. The number of nitrogens with one attached hydrogen (secondary N) is 1. The van der Waals surface area contributed by atoms with Crippen LogP contribution in [-0.2, 0) is 11.3 Å². The minimum absolute atomic E-state index is 0.216. The minimum atomic E-state index is -0.216. The van der Waals surface area contributed by atoms with Gasteiger partial charge in [0.1, 0.15) is 5.75 Å². The molecule has 0 unspecified atom stereocenters. The number of carbonyl (C=O) groups excluding carboxylic acids is 1. The molecule has 7 heteroatoms. The summed E-state index contributed by atoms with van der Waals surface area (Å²) in [4.78, 5) is 19.3. The molecule has 25 heavy (non-hydrogen) atoms. The second kappa shape index (κ2) is 7.95. The second-order valence-electron chi connectivity index (χ2n) is 6.25. The minimum Gasteiger partial charge on any atom is -0.496 e. The van der Waals surface area contributed by atoms with Gasteiger partial charge in [0.25, 0.3) is 5.91 Å². The summed E-state index contributed by atoms with van der Waals surface area (Å²) in [6.45, 7) is 6.72. The van der Waals surface area contributed by atoms with E-state index >= 15 is 0 Å². The maximum atomic E-state index is 12.4. The summed E-state index contributed by atoms with van der Waals surface area (Å²) in [7, 11) is 1.55. The summed E-state index contributed by atoms with van der Waals surface area (Å²) < 4.78 is 11.0. The fourth-order valence-electron chi connectivity index (χ4n) is 3.08. The van der Waals surface area contributed by atoms with Gasteiger partial charge in [0.15, 0.2) is 5.13 Å². The molecule has 1 saturated heterocycles. The third-order valence-corrected chi connectivity index (χ3v) is 4.81. The number of rotatable bonds is 5. The van der Waals surface area contributed by atoms with Crippen LogP contribution in [0.15, 0.2) is 29.6 Å². The predicted octanol–water partition coefficient (Wildman–Crippen LogP) is 3.01. The summed E-state index contributed by atoms with van der Waals surface area (Å²) in [6.07, 6.45) is 0.458. The van der Waals surface area contributed by atoms with Crippen molar-refractivity contribution in [1.82, 2.24) is 9.88 Å². The van der Waals surface area contributed by atoms with E-state index < -0.39 is 0 Å². The summed E-state index contributed by atoms with van der Waals surface area (Å²) in [5, 5.41) is 5.44. The topological polar surface area (TPSA) is 63.7 Å². The summed E-state index contributed by atoms with van der Waals surface area (Å²) >= 11 is 1.43. The molecule has 0 aliphatic carbocycles. The summed E-state index contributed by atoms with van der Waals surface area (Å²) in [6, 6.07) is 7.15. The number of hydrogen-bond donors (Lipinski definition) is 1. The van der Waals surface area contributed by atoms with Crippen LogP contribution in [0, 0.1) is 0 Å². The van der Waals surface area contributed by atoms with Gasteiger partial charge in [0.05, 0.1) is 30.6 Å². The number of hydrogen-bond acceptors (Lipinski definition) is 6. The van der Waals surface area contributed by atoms with Gasteiger partial charge in [-0.15, -0.1) is 11.3 Å². The molecule has 2 aromatic rings. The zero-order valence-electron chi connectivity index (χ0n) is 14.7. The second-order valence-corrected chi connectivity index (χ2v) is 7.11. The molecule has 0 radical (unpaired) electrons. The number of carbonyl (C=O) groups is 1. The van der Waals surface area contributed by atoms with E-state index in [0.29, 0.717) is 16.4 Å². The lowest BCUT2D eigenvalue weighted by Crippen LogP contribution is -2.44. The molecule has 1 aromatic carbocycles. The number of thiazole rings is 1. The van der Waals surface area contributed by atoms with Gasteiger partial charge in [-0.25, -0.2) is 4.98 Å². The number of aromatic nitrogens is 1. The van der Waals surface area contributed by atoms with E-state index in [1.54, 1.807) is 19.2 Å². The van der Waals surface area contributed by atoms with Crippen molar-refractivity contribution in [3.8, 4) is 5.75 Å². The standard InChI is InChI=1S/C18H23N3O3S/c1-12-8-21(9-13(2)24-12)10-14-11-25-18(19-14)20-17(22)15-6-4-5-7-16(15)23-3/h4-7,11-13H,8-10H2,1-3H3,(H,19,20,22)/t12-,13-/m0/s1. The molecule has 1 aromatic heterocycles. The third-order valence-electron chi connectivity index (χ3n) is 4.00.